The minimum absolute atomic E-state index is 0.372. The maximum Gasteiger partial charge on any atom is 0.102 e. The highest BCUT2D eigenvalue weighted by atomic mass is 15.3. The first-order valence-electron chi connectivity index (χ1n) is 9.49. The second-order valence-corrected chi connectivity index (χ2v) is 6.41. The van der Waals surface area contributed by atoms with Crippen LogP contribution in [0.2, 0.25) is 0 Å². The Hall–Kier alpha value is -0.670. The van der Waals surface area contributed by atoms with Crippen molar-refractivity contribution in [1.82, 2.24) is 4.90 Å². The van der Waals surface area contributed by atoms with E-state index in [0.717, 1.165) is 32.5 Å². The molecule has 1 rings (SSSR count). The lowest BCUT2D eigenvalue weighted by Crippen LogP contribution is -2.34. The largest absolute Gasteiger partial charge is 0.329 e. The number of rotatable bonds is 14. The summed E-state index contributed by atoms with van der Waals surface area (Å²) in [5.74, 6) is 0. The van der Waals surface area contributed by atoms with Crippen LogP contribution in [0.15, 0.2) is 17.1 Å². The zero-order chi connectivity index (χ0) is 15.9. The molecule has 0 saturated carbocycles. The Morgan fingerprint density at radius 1 is 1.05 bits per heavy atom. The highest BCUT2D eigenvalue weighted by Crippen LogP contribution is 2.13. The summed E-state index contributed by atoms with van der Waals surface area (Å²) in [4.78, 5) is 6.90. The second kappa shape index (κ2) is 14.0. The SMILES string of the molecule is CCCCCCCCCC/C=C/CCC1N=CCN1CCN. The van der Waals surface area contributed by atoms with Crippen molar-refractivity contribution in [2.75, 3.05) is 19.6 Å². The molecule has 0 aromatic heterocycles. The van der Waals surface area contributed by atoms with Crippen LogP contribution in [0.5, 0.6) is 0 Å². The number of hydrogen-bond donors (Lipinski definition) is 1. The van der Waals surface area contributed by atoms with Gasteiger partial charge in [-0.1, -0.05) is 64.0 Å². The molecule has 0 fully saturated rings. The number of nitrogens with zero attached hydrogens (tertiary/aromatic N) is 2. The lowest BCUT2D eigenvalue weighted by molar-refractivity contribution is 0.247. The zero-order valence-electron chi connectivity index (χ0n) is 14.7. The minimum Gasteiger partial charge on any atom is -0.329 e. The van der Waals surface area contributed by atoms with Crippen molar-refractivity contribution in [3.63, 3.8) is 0 Å². The standard InChI is InChI=1S/C19H37N3/c1-2-3-4-5-6-7-8-9-10-11-12-13-14-19-21-16-18-22(19)17-15-20/h11-12,16,19H,2-10,13-15,17-18,20H2,1H3/b12-11+. The Balaban J connectivity index is 1.89. The van der Waals surface area contributed by atoms with Crippen LogP contribution in [0.25, 0.3) is 0 Å². The Morgan fingerprint density at radius 2 is 1.73 bits per heavy atom. The quantitative estimate of drug-likeness (QED) is 0.378. The molecule has 0 radical (unpaired) electrons. The molecular weight excluding hydrogens is 270 g/mol. The fourth-order valence-corrected chi connectivity index (χ4v) is 3.03. The van der Waals surface area contributed by atoms with Gasteiger partial charge in [0.15, 0.2) is 0 Å². The van der Waals surface area contributed by atoms with Gasteiger partial charge in [0.1, 0.15) is 6.17 Å². The van der Waals surface area contributed by atoms with E-state index < -0.39 is 0 Å². The monoisotopic (exact) mass is 307 g/mol. The number of allylic oxidation sites excluding steroid dienone is 2. The first-order chi connectivity index (χ1) is 10.9. The average molecular weight is 308 g/mol. The average Bonchev–Trinajstić information content (AvgIpc) is 2.96. The molecule has 0 bridgehead atoms. The van der Waals surface area contributed by atoms with E-state index in [0.29, 0.717) is 6.17 Å². The fraction of sp³-hybridized carbons (Fsp3) is 0.842. The van der Waals surface area contributed by atoms with Gasteiger partial charge < -0.3 is 5.73 Å². The van der Waals surface area contributed by atoms with E-state index in [4.69, 9.17) is 5.73 Å². The first kappa shape index (κ1) is 19.4. The van der Waals surface area contributed by atoms with E-state index in [1.54, 1.807) is 0 Å². The third-order valence-electron chi connectivity index (χ3n) is 4.41. The van der Waals surface area contributed by atoms with E-state index in [1.807, 2.05) is 6.21 Å². The van der Waals surface area contributed by atoms with E-state index >= 15 is 0 Å². The summed E-state index contributed by atoms with van der Waals surface area (Å²) in [5, 5.41) is 0. The Kier molecular flexibility index (Phi) is 12.3. The van der Waals surface area contributed by atoms with Crippen LogP contribution < -0.4 is 5.73 Å². The molecule has 0 aliphatic carbocycles. The molecule has 1 atom stereocenters. The zero-order valence-corrected chi connectivity index (χ0v) is 14.7. The van der Waals surface area contributed by atoms with Crippen molar-refractivity contribution < 1.29 is 0 Å². The van der Waals surface area contributed by atoms with Crippen LogP contribution in [0.4, 0.5) is 0 Å². The van der Waals surface area contributed by atoms with Crippen LogP contribution in [0, 0.1) is 0 Å². The lowest BCUT2D eigenvalue weighted by Gasteiger charge is -2.21. The highest BCUT2D eigenvalue weighted by Gasteiger charge is 2.18. The molecule has 0 aromatic carbocycles. The smallest absolute Gasteiger partial charge is 0.102 e. The van der Waals surface area contributed by atoms with E-state index in [9.17, 15) is 0 Å². The van der Waals surface area contributed by atoms with Crippen LogP contribution in [-0.2, 0) is 0 Å². The summed E-state index contributed by atoms with van der Waals surface area (Å²) < 4.78 is 0. The van der Waals surface area contributed by atoms with E-state index in [2.05, 4.69) is 29.0 Å². The van der Waals surface area contributed by atoms with Crippen LogP contribution in [0.1, 0.15) is 77.6 Å². The van der Waals surface area contributed by atoms with Crippen molar-refractivity contribution in [2.45, 2.75) is 83.7 Å². The maximum absolute atomic E-state index is 5.63. The van der Waals surface area contributed by atoms with Gasteiger partial charge in [0.2, 0.25) is 0 Å². The van der Waals surface area contributed by atoms with Gasteiger partial charge >= 0.3 is 0 Å². The van der Waals surface area contributed by atoms with Gasteiger partial charge in [-0.25, -0.2) is 0 Å². The molecule has 0 spiro atoms. The van der Waals surface area contributed by atoms with Gasteiger partial charge in [0, 0.05) is 25.8 Å². The Labute approximate surface area is 138 Å². The minimum atomic E-state index is 0.372. The third-order valence-corrected chi connectivity index (χ3v) is 4.41. The molecule has 1 aliphatic heterocycles. The topological polar surface area (TPSA) is 41.6 Å². The summed E-state index contributed by atoms with van der Waals surface area (Å²) in [7, 11) is 0. The molecule has 3 heteroatoms. The van der Waals surface area contributed by atoms with Crippen molar-refractivity contribution >= 4 is 6.21 Å². The van der Waals surface area contributed by atoms with Gasteiger partial charge in [-0.15, -0.1) is 0 Å². The predicted octanol–water partition coefficient (Wildman–Crippen LogP) is 4.52. The van der Waals surface area contributed by atoms with Crippen molar-refractivity contribution in [2.24, 2.45) is 10.7 Å². The Morgan fingerprint density at radius 3 is 2.45 bits per heavy atom. The Bertz CT molecular complexity index is 299. The van der Waals surface area contributed by atoms with Crippen LogP contribution in [0.3, 0.4) is 0 Å². The molecule has 128 valence electrons. The van der Waals surface area contributed by atoms with E-state index in [-0.39, 0.29) is 0 Å². The molecular formula is C19H37N3. The number of unbranched alkanes of at least 4 members (excludes halogenated alkanes) is 8. The fourth-order valence-electron chi connectivity index (χ4n) is 3.03. The van der Waals surface area contributed by atoms with Gasteiger partial charge in [0.25, 0.3) is 0 Å². The first-order valence-corrected chi connectivity index (χ1v) is 9.49. The molecule has 1 heterocycles. The second-order valence-electron chi connectivity index (χ2n) is 6.41. The number of nitrogens with two attached hydrogens (primary N) is 1. The number of hydrogen-bond acceptors (Lipinski definition) is 3. The summed E-state index contributed by atoms with van der Waals surface area (Å²) in [6.07, 6.45) is 21.9. The lowest BCUT2D eigenvalue weighted by atomic mass is 10.1. The van der Waals surface area contributed by atoms with E-state index in [1.165, 1.54) is 57.8 Å². The predicted molar refractivity (Wildman–Crippen MR) is 98.5 cm³/mol. The third kappa shape index (κ3) is 9.37. The van der Waals surface area contributed by atoms with Crippen LogP contribution in [-0.4, -0.2) is 36.9 Å². The van der Waals surface area contributed by atoms with Crippen molar-refractivity contribution in [3.05, 3.63) is 12.2 Å². The van der Waals surface area contributed by atoms with Gasteiger partial charge in [-0.2, -0.15) is 0 Å². The molecule has 1 unspecified atom stereocenters. The van der Waals surface area contributed by atoms with Gasteiger partial charge in [-0.3, -0.25) is 9.89 Å². The summed E-state index contributed by atoms with van der Waals surface area (Å²) >= 11 is 0. The summed E-state index contributed by atoms with van der Waals surface area (Å²) in [6.45, 7) is 4.95. The van der Waals surface area contributed by atoms with Crippen molar-refractivity contribution in [1.29, 1.82) is 0 Å². The molecule has 0 amide bonds. The number of aliphatic imine (C=N–C) groups is 1. The summed E-state index contributed by atoms with van der Waals surface area (Å²) in [6, 6.07) is 0. The molecule has 2 N–H and O–H groups in total. The van der Waals surface area contributed by atoms with Gasteiger partial charge in [-0.05, 0) is 25.7 Å². The normalized spacial score (nSPS) is 18.7. The van der Waals surface area contributed by atoms with Crippen LogP contribution >= 0.6 is 0 Å². The van der Waals surface area contributed by atoms with Crippen molar-refractivity contribution in [3.8, 4) is 0 Å². The molecule has 22 heavy (non-hydrogen) atoms. The molecule has 0 aromatic rings. The maximum atomic E-state index is 5.63. The highest BCUT2D eigenvalue weighted by molar-refractivity contribution is 5.62. The molecule has 3 nitrogen and oxygen atoms in total. The summed E-state index contributed by atoms with van der Waals surface area (Å²) in [5.41, 5.74) is 5.63. The van der Waals surface area contributed by atoms with Gasteiger partial charge in [0.05, 0.1) is 0 Å². The molecule has 1 aliphatic rings. The molecule has 0 saturated heterocycles.